The van der Waals surface area contributed by atoms with E-state index in [0.29, 0.717) is 22.8 Å². The van der Waals surface area contributed by atoms with Crippen molar-refractivity contribution in [3.05, 3.63) is 52.1 Å². The summed E-state index contributed by atoms with van der Waals surface area (Å²) < 4.78 is 33.2. The number of hydrogen-bond donors (Lipinski definition) is 2. The van der Waals surface area contributed by atoms with Crippen LogP contribution in [0.4, 0.5) is 11.4 Å². The fourth-order valence-electron chi connectivity index (χ4n) is 2.24. The zero-order valence-corrected chi connectivity index (χ0v) is 15.6. The molecule has 0 saturated carbocycles. The Labute approximate surface area is 155 Å². The van der Waals surface area contributed by atoms with Crippen molar-refractivity contribution >= 4 is 27.1 Å². The van der Waals surface area contributed by atoms with E-state index in [1.165, 1.54) is 20.3 Å². The number of nitrogens with zero attached hydrogens (tertiary/aromatic N) is 2. The number of ether oxygens (including phenoxy) is 2. The molecule has 0 bridgehead atoms. The maximum absolute atomic E-state index is 11.4. The van der Waals surface area contributed by atoms with E-state index in [-0.39, 0.29) is 10.6 Å². The second kappa shape index (κ2) is 8.01. The molecule has 10 nitrogen and oxygen atoms in total. The largest absolute Gasteiger partial charge is 0.497 e. The van der Waals surface area contributed by atoms with E-state index in [9.17, 15) is 18.5 Å². The third-order valence-electron chi connectivity index (χ3n) is 3.64. The molecule has 2 rings (SSSR count). The van der Waals surface area contributed by atoms with Gasteiger partial charge in [0.1, 0.15) is 17.2 Å². The van der Waals surface area contributed by atoms with Gasteiger partial charge >= 0.3 is 0 Å². The quantitative estimate of drug-likeness (QED) is 0.415. The van der Waals surface area contributed by atoms with Crippen LogP contribution in [0.2, 0.25) is 0 Å². The first-order valence-corrected chi connectivity index (χ1v) is 9.06. The highest BCUT2D eigenvalue weighted by Gasteiger charge is 2.19. The van der Waals surface area contributed by atoms with Crippen molar-refractivity contribution in [1.82, 2.24) is 0 Å². The van der Waals surface area contributed by atoms with Gasteiger partial charge in [-0.25, -0.2) is 13.6 Å². The lowest BCUT2D eigenvalue weighted by Gasteiger charge is -2.11. The van der Waals surface area contributed by atoms with Gasteiger partial charge < -0.3 is 9.47 Å². The Kier molecular flexibility index (Phi) is 5.98. The number of anilines is 1. The lowest BCUT2D eigenvalue weighted by atomic mass is 10.1. The Morgan fingerprint density at radius 1 is 1.19 bits per heavy atom. The van der Waals surface area contributed by atoms with Crippen molar-refractivity contribution < 1.29 is 22.8 Å². The van der Waals surface area contributed by atoms with E-state index in [1.54, 1.807) is 25.1 Å². The Morgan fingerprint density at radius 2 is 1.89 bits per heavy atom. The molecule has 0 unspecified atom stereocenters. The summed E-state index contributed by atoms with van der Waals surface area (Å²) in [5.74, 6) is 1.11. The summed E-state index contributed by atoms with van der Waals surface area (Å²) in [7, 11) is -1.04. The van der Waals surface area contributed by atoms with Crippen molar-refractivity contribution in [2.45, 2.75) is 11.8 Å². The molecule has 2 aromatic carbocycles. The summed E-state index contributed by atoms with van der Waals surface area (Å²) in [6.45, 7) is 1.68. The Balaban J connectivity index is 2.38. The normalized spacial score (nSPS) is 11.8. The SMILES string of the molecule is COc1ccc(/C(C)=N/Nc2ccc(S(N)(=O)=O)cc2[N+](=O)[O-])c(OC)c1. The fourth-order valence-corrected chi connectivity index (χ4v) is 2.77. The number of sulfonamides is 1. The molecule has 27 heavy (non-hydrogen) atoms. The van der Waals surface area contributed by atoms with Crippen LogP contribution >= 0.6 is 0 Å². The van der Waals surface area contributed by atoms with E-state index < -0.39 is 20.6 Å². The van der Waals surface area contributed by atoms with Crippen LogP contribution < -0.4 is 20.0 Å². The third-order valence-corrected chi connectivity index (χ3v) is 4.55. The van der Waals surface area contributed by atoms with Gasteiger partial charge in [-0.3, -0.25) is 15.5 Å². The molecule has 0 heterocycles. The topological polar surface area (TPSA) is 146 Å². The number of methoxy groups -OCH3 is 2. The van der Waals surface area contributed by atoms with Crippen LogP contribution in [-0.4, -0.2) is 33.3 Å². The molecule has 0 spiro atoms. The van der Waals surface area contributed by atoms with E-state index in [0.717, 1.165) is 12.1 Å². The molecule has 3 N–H and O–H groups in total. The molecule has 0 aliphatic rings. The van der Waals surface area contributed by atoms with Gasteiger partial charge in [0.25, 0.3) is 5.69 Å². The van der Waals surface area contributed by atoms with Crippen LogP contribution in [-0.2, 0) is 10.0 Å². The molecule has 0 amide bonds. The maximum Gasteiger partial charge on any atom is 0.295 e. The van der Waals surface area contributed by atoms with Gasteiger partial charge in [-0.1, -0.05) is 0 Å². The molecule has 0 fully saturated rings. The Bertz CT molecular complexity index is 1000. The summed E-state index contributed by atoms with van der Waals surface area (Å²) in [5.41, 5.74) is 3.25. The molecule has 11 heteroatoms. The number of nitro groups is 1. The average Bonchev–Trinajstić information content (AvgIpc) is 2.64. The first-order chi connectivity index (χ1) is 12.7. The predicted octanol–water partition coefficient (Wildman–Crippen LogP) is 2.10. The minimum Gasteiger partial charge on any atom is -0.497 e. The number of nitrogens with one attached hydrogen (secondary N) is 1. The molecule has 0 aliphatic heterocycles. The van der Waals surface area contributed by atoms with Crippen LogP contribution in [0.15, 0.2) is 46.4 Å². The minimum absolute atomic E-state index is 0.0132. The van der Waals surface area contributed by atoms with Crippen LogP contribution in [0.25, 0.3) is 0 Å². The molecular formula is C16H18N4O6S. The van der Waals surface area contributed by atoms with Crippen molar-refractivity contribution in [2.75, 3.05) is 19.6 Å². The molecule has 0 atom stereocenters. The molecule has 0 radical (unpaired) electrons. The highest BCUT2D eigenvalue weighted by atomic mass is 32.2. The average molecular weight is 394 g/mol. The number of hydrazone groups is 1. The van der Waals surface area contributed by atoms with Crippen molar-refractivity contribution in [3.8, 4) is 11.5 Å². The van der Waals surface area contributed by atoms with Gasteiger partial charge in [0.05, 0.1) is 29.8 Å². The van der Waals surface area contributed by atoms with Crippen LogP contribution in [0.1, 0.15) is 12.5 Å². The summed E-state index contributed by atoms with van der Waals surface area (Å²) in [4.78, 5) is 10.1. The highest BCUT2D eigenvalue weighted by Crippen LogP contribution is 2.28. The second-order valence-electron chi connectivity index (χ2n) is 5.36. The van der Waals surface area contributed by atoms with Gasteiger partial charge in [0, 0.05) is 17.7 Å². The monoisotopic (exact) mass is 394 g/mol. The summed E-state index contributed by atoms with van der Waals surface area (Å²) in [6, 6.07) is 8.38. The summed E-state index contributed by atoms with van der Waals surface area (Å²) in [6.07, 6.45) is 0. The van der Waals surface area contributed by atoms with Gasteiger partial charge in [-0.05, 0) is 31.2 Å². The standard InChI is InChI=1S/C16H18N4O6S/c1-10(13-6-4-11(25-2)8-16(13)26-3)18-19-14-7-5-12(27(17,23)24)9-15(14)20(21)22/h4-9,19H,1-3H3,(H2,17,23,24)/b18-10+. The molecule has 0 aromatic heterocycles. The molecule has 0 aliphatic carbocycles. The number of rotatable bonds is 7. The van der Waals surface area contributed by atoms with Crippen molar-refractivity contribution in [3.63, 3.8) is 0 Å². The van der Waals surface area contributed by atoms with E-state index in [1.807, 2.05) is 0 Å². The van der Waals surface area contributed by atoms with Crippen LogP contribution in [0.3, 0.4) is 0 Å². The number of primary sulfonamides is 1. The van der Waals surface area contributed by atoms with Gasteiger partial charge in [0.2, 0.25) is 10.0 Å². The smallest absolute Gasteiger partial charge is 0.295 e. The molecular weight excluding hydrogens is 376 g/mol. The lowest BCUT2D eigenvalue weighted by molar-refractivity contribution is -0.384. The van der Waals surface area contributed by atoms with E-state index in [4.69, 9.17) is 14.6 Å². The van der Waals surface area contributed by atoms with Crippen molar-refractivity contribution in [2.24, 2.45) is 10.2 Å². The Morgan fingerprint density at radius 3 is 2.44 bits per heavy atom. The van der Waals surface area contributed by atoms with Crippen LogP contribution in [0, 0.1) is 10.1 Å². The second-order valence-corrected chi connectivity index (χ2v) is 6.92. The number of nitrogens with two attached hydrogens (primary N) is 1. The number of benzene rings is 2. The van der Waals surface area contributed by atoms with Gasteiger partial charge in [-0.2, -0.15) is 5.10 Å². The summed E-state index contributed by atoms with van der Waals surface area (Å²) in [5, 5.41) is 20.4. The lowest BCUT2D eigenvalue weighted by Crippen LogP contribution is -2.12. The van der Waals surface area contributed by atoms with E-state index in [2.05, 4.69) is 10.5 Å². The molecule has 2 aromatic rings. The molecule has 144 valence electrons. The van der Waals surface area contributed by atoms with Gasteiger partial charge in [-0.15, -0.1) is 0 Å². The van der Waals surface area contributed by atoms with Crippen molar-refractivity contribution in [1.29, 1.82) is 0 Å². The van der Waals surface area contributed by atoms with Gasteiger partial charge in [0.15, 0.2) is 0 Å². The first kappa shape index (κ1) is 20.1. The fraction of sp³-hybridized carbons (Fsp3) is 0.188. The number of hydrogen-bond acceptors (Lipinski definition) is 8. The van der Waals surface area contributed by atoms with E-state index >= 15 is 0 Å². The zero-order chi connectivity index (χ0) is 20.2. The minimum atomic E-state index is -4.06. The first-order valence-electron chi connectivity index (χ1n) is 7.51. The predicted molar refractivity (Wildman–Crippen MR) is 99.8 cm³/mol. The highest BCUT2D eigenvalue weighted by molar-refractivity contribution is 7.89. The third kappa shape index (κ3) is 4.71. The summed E-state index contributed by atoms with van der Waals surface area (Å²) >= 11 is 0. The molecule has 0 saturated heterocycles. The maximum atomic E-state index is 11.4. The Hall–Kier alpha value is -3.18. The zero-order valence-electron chi connectivity index (χ0n) is 14.8. The van der Waals surface area contributed by atoms with Crippen LogP contribution in [0.5, 0.6) is 11.5 Å². The number of nitro benzene ring substituents is 1.